The third-order valence-corrected chi connectivity index (χ3v) is 5.90. The molecule has 3 heterocycles. The molecule has 9 heteroatoms. The van der Waals surface area contributed by atoms with E-state index < -0.39 is 0 Å². The molecule has 1 fully saturated rings. The average molecular weight is 435 g/mol. The van der Waals surface area contributed by atoms with Crippen LogP contribution in [0.5, 0.6) is 0 Å². The molecule has 0 spiro atoms. The molecular weight excluding hydrogens is 415 g/mol. The second-order valence-corrected chi connectivity index (χ2v) is 7.85. The molecule has 2 unspecified atom stereocenters. The van der Waals surface area contributed by atoms with E-state index in [-0.39, 0.29) is 24.8 Å². The summed E-state index contributed by atoms with van der Waals surface area (Å²) in [5, 5.41) is 5.66. The van der Waals surface area contributed by atoms with Crippen LogP contribution in [-0.4, -0.2) is 29.7 Å². The van der Waals surface area contributed by atoms with Crippen LogP contribution in [0.3, 0.4) is 0 Å². The Labute approximate surface area is 179 Å². The lowest BCUT2D eigenvalue weighted by Gasteiger charge is -2.06. The number of hydrogen-bond acceptors (Lipinski definition) is 6. The Bertz CT molecular complexity index is 1110. The summed E-state index contributed by atoms with van der Waals surface area (Å²) >= 11 is 1.79. The van der Waals surface area contributed by atoms with Crippen LogP contribution in [0.25, 0.3) is 16.0 Å². The van der Waals surface area contributed by atoms with Gasteiger partial charge in [-0.1, -0.05) is 12.1 Å². The average Bonchev–Trinajstić information content (AvgIpc) is 3.18. The van der Waals surface area contributed by atoms with Crippen molar-refractivity contribution in [2.75, 3.05) is 0 Å². The zero-order chi connectivity index (χ0) is 17.8. The predicted octanol–water partition coefficient (Wildman–Crippen LogP) is 4.71. The minimum Gasteiger partial charge on any atom is -0.241 e. The Kier molecular flexibility index (Phi) is 5.70. The molecule has 3 aromatic heterocycles. The fourth-order valence-electron chi connectivity index (χ4n) is 3.45. The lowest BCUT2D eigenvalue weighted by atomic mass is 10.2. The molecule has 0 aliphatic heterocycles. The SMILES string of the molecule is Cc1nc(C2CC2c2nc3ccccc3s2)cc(-n2nc(C)nc2C)n1.Cl.Cl. The number of rotatable bonds is 3. The van der Waals surface area contributed by atoms with Crippen molar-refractivity contribution in [1.29, 1.82) is 0 Å². The summed E-state index contributed by atoms with van der Waals surface area (Å²) in [5.74, 6) is 4.00. The molecule has 1 aliphatic rings. The number of nitrogens with zero attached hydrogens (tertiary/aromatic N) is 6. The van der Waals surface area contributed by atoms with Crippen LogP contribution in [0.1, 0.15) is 46.4 Å². The van der Waals surface area contributed by atoms with Crippen molar-refractivity contribution in [2.45, 2.75) is 39.0 Å². The van der Waals surface area contributed by atoms with E-state index >= 15 is 0 Å². The van der Waals surface area contributed by atoms with Crippen molar-refractivity contribution in [3.8, 4) is 5.82 Å². The Morgan fingerprint density at radius 1 is 0.929 bits per heavy atom. The lowest BCUT2D eigenvalue weighted by Crippen LogP contribution is -2.06. The summed E-state index contributed by atoms with van der Waals surface area (Å²) in [7, 11) is 0. The number of halogens is 2. The van der Waals surface area contributed by atoms with Crippen LogP contribution in [-0.2, 0) is 0 Å². The van der Waals surface area contributed by atoms with E-state index in [9.17, 15) is 0 Å². The first kappa shape index (κ1) is 20.6. The van der Waals surface area contributed by atoms with E-state index in [1.165, 1.54) is 9.71 Å². The van der Waals surface area contributed by atoms with E-state index in [1.54, 1.807) is 16.0 Å². The summed E-state index contributed by atoms with van der Waals surface area (Å²) in [6.07, 6.45) is 1.09. The van der Waals surface area contributed by atoms with Gasteiger partial charge in [-0.2, -0.15) is 4.68 Å². The van der Waals surface area contributed by atoms with Crippen molar-refractivity contribution in [2.24, 2.45) is 0 Å². The molecule has 28 heavy (non-hydrogen) atoms. The Morgan fingerprint density at radius 2 is 1.71 bits per heavy atom. The van der Waals surface area contributed by atoms with Crippen molar-refractivity contribution in [3.05, 3.63) is 58.5 Å². The van der Waals surface area contributed by atoms with Crippen molar-refractivity contribution < 1.29 is 0 Å². The first-order chi connectivity index (χ1) is 12.6. The van der Waals surface area contributed by atoms with E-state index in [4.69, 9.17) is 9.97 Å². The molecule has 5 rings (SSSR count). The molecule has 4 aromatic rings. The second-order valence-electron chi connectivity index (χ2n) is 6.78. The number of hydrogen-bond donors (Lipinski definition) is 0. The van der Waals surface area contributed by atoms with Crippen molar-refractivity contribution in [3.63, 3.8) is 0 Å². The summed E-state index contributed by atoms with van der Waals surface area (Å²) in [6, 6.07) is 10.4. The van der Waals surface area contributed by atoms with Crippen LogP contribution in [0.4, 0.5) is 0 Å². The highest BCUT2D eigenvalue weighted by molar-refractivity contribution is 7.18. The molecule has 1 aliphatic carbocycles. The lowest BCUT2D eigenvalue weighted by molar-refractivity contribution is 0.778. The number of aromatic nitrogens is 6. The molecule has 146 valence electrons. The summed E-state index contributed by atoms with van der Waals surface area (Å²) in [6.45, 7) is 5.77. The Morgan fingerprint density at radius 3 is 2.43 bits per heavy atom. The number of para-hydroxylation sites is 1. The third kappa shape index (κ3) is 3.62. The van der Waals surface area contributed by atoms with Crippen LogP contribution in [0.15, 0.2) is 30.3 Å². The number of aryl methyl sites for hydroxylation is 3. The molecule has 0 bridgehead atoms. The van der Waals surface area contributed by atoms with E-state index in [2.05, 4.69) is 33.3 Å². The normalized spacial score (nSPS) is 17.8. The monoisotopic (exact) mass is 434 g/mol. The van der Waals surface area contributed by atoms with Gasteiger partial charge in [0.1, 0.15) is 17.5 Å². The van der Waals surface area contributed by atoms with Crippen LogP contribution in [0, 0.1) is 20.8 Å². The van der Waals surface area contributed by atoms with Gasteiger partial charge in [0.05, 0.1) is 20.9 Å². The van der Waals surface area contributed by atoms with Crippen LogP contribution < -0.4 is 0 Å². The molecule has 6 nitrogen and oxygen atoms in total. The maximum atomic E-state index is 4.82. The minimum absolute atomic E-state index is 0. The molecule has 0 saturated heterocycles. The van der Waals surface area contributed by atoms with Gasteiger partial charge in [0, 0.05) is 17.9 Å². The fraction of sp³-hybridized carbons (Fsp3) is 0.316. The third-order valence-electron chi connectivity index (χ3n) is 4.73. The number of benzene rings is 1. The van der Waals surface area contributed by atoms with E-state index in [0.29, 0.717) is 11.8 Å². The van der Waals surface area contributed by atoms with Gasteiger partial charge in [-0.3, -0.25) is 0 Å². The quantitative estimate of drug-likeness (QED) is 0.466. The zero-order valence-corrected chi connectivity index (χ0v) is 18.1. The fourth-order valence-corrected chi connectivity index (χ4v) is 4.60. The van der Waals surface area contributed by atoms with Crippen LogP contribution >= 0.6 is 36.2 Å². The molecular formula is C19H20Cl2N6S. The first-order valence-electron chi connectivity index (χ1n) is 8.70. The Balaban J connectivity index is 0.00000112. The van der Waals surface area contributed by atoms with Gasteiger partial charge < -0.3 is 0 Å². The summed E-state index contributed by atoms with van der Waals surface area (Å²) in [4.78, 5) is 18.4. The second kappa shape index (κ2) is 7.73. The highest BCUT2D eigenvalue weighted by atomic mass is 35.5. The largest absolute Gasteiger partial charge is 0.241 e. The molecule has 0 radical (unpaired) electrons. The van der Waals surface area contributed by atoms with Gasteiger partial charge in [-0.25, -0.2) is 19.9 Å². The van der Waals surface area contributed by atoms with E-state index in [0.717, 1.165) is 40.9 Å². The molecule has 1 aromatic carbocycles. The van der Waals surface area contributed by atoms with Gasteiger partial charge in [-0.15, -0.1) is 41.2 Å². The molecule has 1 saturated carbocycles. The van der Waals surface area contributed by atoms with Gasteiger partial charge in [0.25, 0.3) is 0 Å². The topological polar surface area (TPSA) is 69.4 Å². The minimum atomic E-state index is 0. The van der Waals surface area contributed by atoms with E-state index in [1.807, 2.05) is 32.9 Å². The number of thiazole rings is 1. The maximum Gasteiger partial charge on any atom is 0.159 e. The van der Waals surface area contributed by atoms with Gasteiger partial charge in [0.2, 0.25) is 0 Å². The van der Waals surface area contributed by atoms with Gasteiger partial charge in [0.15, 0.2) is 5.82 Å². The zero-order valence-electron chi connectivity index (χ0n) is 15.7. The number of fused-ring (bicyclic) bond motifs is 1. The molecule has 0 amide bonds. The predicted molar refractivity (Wildman–Crippen MR) is 115 cm³/mol. The Hall–Kier alpha value is -2.09. The highest BCUT2D eigenvalue weighted by Gasteiger charge is 2.43. The molecule has 0 N–H and O–H groups in total. The smallest absolute Gasteiger partial charge is 0.159 e. The summed E-state index contributed by atoms with van der Waals surface area (Å²) in [5.41, 5.74) is 2.16. The van der Waals surface area contributed by atoms with Gasteiger partial charge >= 0.3 is 0 Å². The molecule has 2 atom stereocenters. The highest BCUT2D eigenvalue weighted by Crippen LogP contribution is 2.55. The summed E-state index contributed by atoms with van der Waals surface area (Å²) < 4.78 is 3.05. The van der Waals surface area contributed by atoms with Crippen molar-refractivity contribution >= 4 is 46.4 Å². The van der Waals surface area contributed by atoms with Crippen molar-refractivity contribution in [1.82, 2.24) is 29.7 Å². The first-order valence-corrected chi connectivity index (χ1v) is 9.52. The standard InChI is InChI=1S/C19H18N6S.2ClH/c1-10-21-16(9-18(22-10)25-12(3)20-11(2)24-25)13-8-14(13)19-23-15-6-4-5-7-17(15)26-19;;/h4-7,9,13-14H,8H2,1-3H3;2*1H. The maximum absolute atomic E-state index is 4.82. The van der Waals surface area contributed by atoms with Crippen LogP contribution in [0.2, 0.25) is 0 Å². The van der Waals surface area contributed by atoms with Gasteiger partial charge in [-0.05, 0) is 39.3 Å².